The van der Waals surface area contributed by atoms with Gasteiger partial charge in [-0.3, -0.25) is 0 Å². The number of carboxylic acid groups (broad SMARTS) is 1. The third-order valence-corrected chi connectivity index (χ3v) is 5.54. The summed E-state index contributed by atoms with van der Waals surface area (Å²) in [6, 6.07) is 1.09. The van der Waals surface area contributed by atoms with Gasteiger partial charge in [0.1, 0.15) is 5.82 Å². The molecule has 1 aromatic carbocycles. The van der Waals surface area contributed by atoms with Gasteiger partial charge in [0.15, 0.2) is 0 Å². The number of aliphatic carboxylic acids is 1. The summed E-state index contributed by atoms with van der Waals surface area (Å²) >= 11 is 0. The summed E-state index contributed by atoms with van der Waals surface area (Å²) in [5.74, 6) is -3.21. The maximum atomic E-state index is 15.1. The third kappa shape index (κ3) is 2.93. The van der Waals surface area contributed by atoms with E-state index in [1.54, 1.807) is 4.90 Å². The van der Waals surface area contributed by atoms with Crippen LogP contribution in [0.1, 0.15) is 42.1 Å². The SMILES string of the molecule is CC1CCc2c(N3CCC(O)CC3)c(F)cc3c2N1C=C(C(=O)O)OC3=O. The zero-order chi connectivity index (χ0) is 19.3. The lowest BCUT2D eigenvalue weighted by Gasteiger charge is -2.39. The van der Waals surface area contributed by atoms with Gasteiger partial charge in [0.05, 0.1) is 29.2 Å². The summed E-state index contributed by atoms with van der Waals surface area (Å²) in [5, 5.41) is 19.1. The number of aliphatic hydroxyl groups is 1. The number of benzene rings is 1. The van der Waals surface area contributed by atoms with Crippen molar-refractivity contribution in [3.8, 4) is 0 Å². The predicted octanol–water partition coefficient (Wildman–Crippen LogP) is 2.02. The number of nitrogens with zero attached hydrogens (tertiary/aromatic N) is 2. The van der Waals surface area contributed by atoms with Crippen molar-refractivity contribution in [2.75, 3.05) is 22.9 Å². The average Bonchev–Trinajstić information content (AvgIpc) is 2.77. The second kappa shape index (κ2) is 6.53. The van der Waals surface area contributed by atoms with Crippen molar-refractivity contribution in [2.24, 2.45) is 0 Å². The first-order valence-corrected chi connectivity index (χ1v) is 9.11. The number of hydrogen-bond donors (Lipinski definition) is 2. The number of esters is 1. The molecule has 8 heteroatoms. The van der Waals surface area contributed by atoms with E-state index < -0.39 is 23.5 Å². The van der Waals surface area contributed by atoms with Gasteiger partial charge in [-0.05, 0) is 38.7 Å². The Morgan fingerprint density at radius 2 is 1.96 bits per heavy atom. The molecule has 3 aliphatic rings. The fourth-order valence-electron chi connectivity index (χ4n) is 4.11. The quantitative estimate of drug-likeness (QED) is 0.763. The number of piperidine rings is 1. The van der Waals surface area contributed by atoms with Crippen molar-refractivity contribution in [3.05, 3.63) is 35.0 Å². The second-order valence-corrected chi connectivity index (χ2v) is 7.28. The number of cyclic esters (lactones) is 1. The first kappa shape index (κ1) is 17.8. The largest absolute Gasteiger partial charge is 0.475 e. The summed E-state index contributed by atoms with van der Waals surface area (Å²) in [4.78, 5) is 27.5. The Hall–Kier alpha value is -2.61. The summed E-state index contributed by atoms with van der Waals surface area (Å²) in [6.45, 7) is 2.99. The highest BCUT2D eigenvalue weighted by Crippen LogP contribution is 2.44. The van der Waals surface area contributed by atoms with Crippen molar-refractivity contribution in [1.29, 1.82) is 0 Å². The van der Waals surface area contributed by atoms with E-state index in [-0.39, 0.29) is 17.7 Å². The molecule has 1 atom stereocenters. The van der Waals surface area contributed by atoms with Crippen LogP contribution in [0, 0.1) is 5.82 Å². The minimum atomic E-state index is -1.35. The molecule has 7 nitrogen and oxygen atoms in total. The number of carbonyl (C=O) groups is 2. The molecule has 1 unspecified atom stereocenters. The summed E-state index contributed by atoms with van der Waals surface area (Å²) < 4.78 is 20.0. The van der Waals surface area contributed by atoms with Crippen LogP contribution in [0.3, 0.4) is 0 Å². The lowest BCUT2D eigenvalue weighted by molar-refractivity contribution is -0.135. The molecule has 0 aromatic heterocycles. The predicted molar refractivity (Wildman–Crippen MR) is 95.3 cm³/mol. The molecule has 1 fully saturated rings. The number of aliphatic hydroxyl groups excluding tert-OH is 1. The van der Waals surface area contributed by atoms with Crippen LogP contribution < -0.4 is 9.80 Å². The lowest BCUT2D eigenvalue weighted by Crippen LogP contribution is -2.39. The Labute approximate surface area is 155 Å². The first-order valence-electron chi connectivity index (χ1n) is 9.11. The number of carbonyl (C=O) groups excluding carboxylic acids is 1. The maximum Gasteiger partial charge on any atom is 0.373 e. The van der Waals surface area contributed by atoms with E-state index >= 15 is 4.39 Å². The molecule has 27 heavy (non-hydrogen) atoms. The van der Waals surface area contributed by atoms with Crippen molar-refractivity contribution in [2.45, 2.75) is 44.8 Å². The highest BCUT2D eigenvalue weighted by Gasteiger charge is 2.37. The van der Waals surface area contributed by atoms with Gasteiger partial charge in [0.2, 0.25) is 5.76 Å². The minimum absolute atomic E-state index is 0.0438. The van der Waals surface area contributed by atoms with E-state index in [1.165, 1.54) is 6.20 Å². The molecule has 2 N–H and O–H groups in total. The Morgan fingerprint density at radius 3 is 2.63 bits per heavy atom. The third-order valence-electron chi connectivity index (χ3n) is 5.54. The zero-order valence-corrected chi connectivity index (χ0v) is 14.9. The van der Waals surface area contributed by atoms with Gasteiger partial charge in [0, 0.05) is 24.7 Å². The molecule has 3 heterocycles. The fraction of sp³-hybridized carbons (Fsp3) is 0.474. The second-order valence-electron chi connectivity index (χ2n) is 7.28. The fourth-order valence-corrected chi connectivity index (χ4v) is 4.11. The molecule has 4 rings (SSSR count). The minimum Gasteiger partial charge on any atom is -0.475 e. The van der Waals surface area contributed by atoms with Gasteiger partial charge in [-0.2, -0.15) is 0 Å². The van der Waals surface area contributed by atoms with Gasteiger partial charge in [-0.1, -0.05) is 0 Å². The van der Waals surface area contributed by atoms with E-state index in [1.807, 2.05) is 11.8 Å². The van der Waals surface area contributed by atoms with Crippen LogP contribution in [-0.2, 0) is 16.0 Å². The first-order chi connectivity index (χ1) is 12.9. The van der Waals surface area contributed by atoms with Crippen molar-refractivity contribution >= 4 is 23.3 Å². The Bertz CT molecular complexity index is 845. The molecular formula is C19H21FN2O5. The molecule has 0 spiro atoms. The van der Waals surface area contributed by atoms with E-state index in [0.717, 1.165) is 6.07 Å². The number of carboxylic acids is 1. The van der Waals surface area contributed by atoms with Crippen LogP contribution in [0.4, 0.5) is 15.8 Å². The van der Waals surface area contributed by atoms with Crippen LogP contribution >= 0.6 is 0 Å². The normalized spacial score (nSPS) is 22.7. The van der Waals surface area contributed by atoms with Crippen molar-refractivity contribution in [1.82, 2.24) is 0 Å². The molecule has 144 valence electrons. The molecule has 0 bridgehead atoms. The Kier molecular flexibility index (Phi) is 4.30. The monoisotopic (exact) mass is 376 g/mol. The standard InChI is InChI=1S/C19H21FN2O5/c1-10-2-3-12-16-13(19(26)27-15(18(24)25)9-22(10)16)8-14(20)17(12)21-6-4-11(23)5-7-21/h8-11,23H,2-7H2,1H3,(H,24,25). The number of hydrogen-bond acceptors (Lipinski definition) is 6. The van der Waals surface area contributed by atoms with Gasteiger partial charge in [-0.15, -0.1) is 0 Å². The summed E-state index contributed by atoms with van der Waals surface area (Å²) in [7, 11) is 0. The molecular weight excluding hydrogens is 355 g/mol. The Balaban J connectivity index is 1.88. The van der Waals surface area contributed by atoms with Gasteiger partial charge in [0.25, 0.3) is 0 Å². The van der Waals surface area contributed by atoms with Crippen LogP contribution in [-0.4, -0.2) is 47.4 Å². The topological polar surface area (TPSA) is 90.3 Å². The van der Waals surface area contributed by atoms with Crippen LogP contribution in [0.15, 0.2) is 18.0 Å². The smallest absolute Gasteiger partial charge is 0.373 e. The number of rotatable bonds is 2. The molecule has 0 aliphatic carbocycles. The van der Waals surface area contributed by atoms with E-state index in [2.05, 4.69) is 0 Å². The Morgan fingerprint density at radius 1 is 1.26 bits per heavy atom. The van der Waals surface area contributed by atoms with E-state index in [4.69, 9.17) is 4.74 Å². The summed E-state index contributed by atoms with van der Waals surface area (Å²) in [6.07, 6.45) is 3.32. The van der Waals surface area contributed by atoms with Crippen LogP contribution in [0.2, 0.25) is 0 Å². The van der Waals surface area contributed by atoms with Gasteiger partial charge < -0.3 is 24.7 Å². The molecule has 0 saturated carbocycles. The highest BCUT2D eigenvalue weighted by molar-refractivity contribution is 6.03. The van der Waals surface area contributed by atoms with E-state index in [0.29, 0.717) is 55.7 Å². The zero-order valence-electron chi connectivity index (χ0n) is 14.9. The summed E-state index contributed by atoms with van der Waals surface area (Å²) in [5.41, 5.74) is 1.71. The van der Waals surface area contributed by atoms with Crippen molar-refractivity contribution in [3.63, 3.8) is 0 Å². The van der Waals surface area contributed by atoms with Gasteiger partial charge >= 0.3 is 11.9 Å². The van der Waals surface area contributed by atoms with Crippen LogP contribution in [0.25, 0.3) is 0 Å². The van der Waals surface area contributed by atoms with Gasteiger partial charge in [-0.25, -0.2) is 14.0 Å². The number of ether oxygens (including phenoxy) is 1. The molecule has 3 aliphatic heterocycles. The molecule has 1 aromatic rings. The maximum absolute atomic E-state index is 15.1. The lowest BCUT2D eigenvalue weighted by atomic mass is 9.91. The van der Waals surface area contributed by atoms with E-state index in [9.17, 15) is 19.8 Å². The van der Waals surface area contributed by atoms with Crippen molar-refractivity contribution < 1.29 is 28.9 Å². The van der Waals surface area contributed by atoms with Crippen LogP contribution in [0.5, 0.6) is 0 Å². The molecule has 0 amide bonds. The highest BCUT2D eigenvalue weighted by atomic mass is 19.1. The number of halogens is 1. The molecule has 0 radical (unpaired) electrons. The molecule has 1 saturated heterocycles. The average molecular weight is 376 g/mol. The number of anilines is 2.